The van der Waals surface area contributed by atoms with Crippen LogP contribution in [0.2, 0.25) is 0 Å². The van der Waals surface area contributed by atoms with E-state index < -0.39 is 5.92 Å². The zero-order chi connectivity index (χ0) is 24.4. The molecule has 0 bridgehead atoms. The molecule has 2 N–H and O–H groups in total. The van der Waals surface area contributed by atoms with Crippen LogP contribution in [0, 0.1) is 33.6 Å². The van der Waals surface area contributed by atoms with E-state index >= 15 is 0 Å². The molecule has 0 radical (unpaired) electrons. The van der Waals surface area contributed by atoms with Crippen LogP contribution in [0.4, 0.5) is 17.1 Å². The summed E-state index contributed by atoms with van der Waals surface area (Å²) in [4.78, 5) is 40.0. The molecule has 0 aliphatic carbocycles. The van der Waals surface area contributed by atoms with Gasteiger partial charge in [-0.05, 0) is 69.2 Å². The first-order chi connectivity index (χ1) is 16.2. The molecule has 1 heterocycles. The van der Waals surface area contributed by atoms with Crippen LogP contribution < -0.4 is 15.5 Å². The highest BCUT2D eigenvalue weighted by molar-refractivity contribution is 6.07. The van der Waals surface area contributed by atoms with E-state index in [0.29, 0.717) is 17.8 Å². The number of nitrogens with one attached hydrogen (secondary N) is 2. The van der Waals surface area contributed by atoms with Gasteiger partial charge in [-0.2, -0.15) is 0 Å². The molecule has 174 valence electrons. The van der Waals surface area contributed by atoms with Crippen molar-refractivity contribution in [2.45, 2.75) is 34.1 Å². The van der Waals surface area contributed by atoms with Gasteiger partial charge in [0.15, 0.2) is 0 Å². The molecule has 0 spiro atoms. The third-order valence-electron chi connectivity index (χ3n) is 6.16. The average Bonchev–Trinajstić information content (AvgIpc) is 3.17. The molecule has 1 fully saturated rings. The fraction of sp³-hybridized carbons (Fsp3) is 0.250. The molecule has 6 heteroatoms. The van der Waals surface area contributed by atoms with Crippen LogP contribution in [0.1, 0.15) is 39.0 Å². The molecule has 0 unspecified atom stereocenters. The van der Waals surface area contributed by atoms with E-state index in [1.54, 1.807) is 29.2 Å². The topological polar surface area (TPSA) is 78.5 Å². The molecule has 4 rings (SSSR count). The molecular weight excluding hydrogens is 426 g/mol. The van der Waals surface area contributed by atoms with Gasteiger partial charge in [-0.15, -0.1) is 0 Å². The third kappa shape index (κ3) is 5.01. The van der Waals surface area contributed by atoms with Crippen molar-refractivity contribution in [1.29, 1.82) is 0 Å². The number of benzene rings is 3. The average molecular weight is 456 g/mol. The highest BCUT2D eigenvalue weighted by Gasteiger charge is 2.35. The largest absolute Gasteiger partial charge is 0.326 e. The van der Waals surface area contributed by atoms with E-state index in [1.807, 2.05) is 64.1 Å². The Bertz CT molecular complexity index is 1280. The fourth-order valence-electron chi connectivity index (χ4n) is 4.36. The normalized spacial score (nSPS) is 15.4. The Morgan fingerprint density at radius 3 is 2.26 bits per heavy atom. The van der Waals surface area contributed by atoms with Crippen molar-refractivity contribution < 1.29 is 14.4 Å². The number of anilines is 3. The Morgan fingerprint density at radius 1 is 0.853 bits per heavy atom. The Morgan fingerprint density at radius 2 is 1.56 bits per heavy atom. The van der Waals surface area contributed by atoms with Crippen LogP contribution in [-0.2, 0) is 9.59 Å². The first-order valence-corrected chi connectivity index (χ1v) is 11.4. The first kappa shape index (κ1) is 23.2. The summed E-state index contributed by atoms with van der Waals surface area (Å²) in [5.74, 6) is -0.998. The van der Waals surface area contributed by atoms with Crippen molar-refractivity contribution in [3.63, 3.8) is 0 Å². The predicted octanol–water partition coefficient (Wildman–Crippen LogP) is 5.16. The lowest BCUT2D eigenvalue weighted by molar-refractivity contribution is -0.122. The molecular formula is C28H29N3O3. The molecule has 3 aromatic rings. The van der Waals surface area contributed by atoms with Gasteiger partial charge >= 0.3 is 0 Å². The summed E-state index contributed by atoms with van der Waals surface area (Å²) in [7, 11) is 0. The molecule has 0 saturated carbocycles. The van der Waals surface area contributed by atoms with E-state index in [0.717, 1.165) is 33.6 Å². The minimum absolute atomic E-state index is 0.0614. The molecule has 1 atom stereocenters. The lowest BCUT2D eigenvalue weighted by Crippen LogP contribution is -2.28. The van der Waals surface area contributed by atoms with Crippen LogP contribution in [0.5, 0.6) is 0 Å². The van der Waals surface area contributed by atoms with Crippen LogP contribution in [-0.4, -0.2) is 24.3 Å². The molecule has 1 saturated heterocycles. The molecule has 0 aromatic heterocycles. The van der Waals surface area contributed by atoms with Crippen molar-refractivity contribution in [3.8, 4) is 0 Å². The highest BCUT2D eigenvalue weighted by Crippen LogP contribution is 2.29. The fourth-order valence-corrected chi connectivity index (χ4v) is 4.36. The van der Waals surface area contributed by atoms with Crippen molar-refractivity contribution in [3.05, 3.63) is 88.5 Å². The Kier molecular flexibility index (Phi) is 6.50. The van der Waals surface area contributed by atoms with Gasteiger partial charge in [0.05, 0.1) is 5.92 Å². The van der Waals surface area contributed by atoms with Crippen molar-refractivity contribution >= 4 is 34.8 Å². The minimum atomic E-state index is -0.458. The van der Waals surface area contributed by atoms with Crippen molar-refractivity contribution in [1.82, 2.24) is 0 Å². The number of amides is 3. The standard InChI is InChI=1S/C28H29N3O3/c1-17-8-10-24(19(3)12-17)30-27(33)21-6-5-7-23(14-21)29-28(34)22-15-26(32)31(16-22)25-11-9-18(2)13-20(25)4/h5-14,22H,15-16H2,1-4H3,(H,29,34)(H,30,33)/t22-/m1/s1. The summed E-state index contributed by atoms with van der Waals surface area (Å²) in [5.41, 5.74) is 6.81. The van der Waals surface area contributed by atoms with Gasteiger partial charge in [-0.3, -0.25) is 14.4 Å². The lowest BCUT2D eigenvalue weighted by Gasteiger charge is -2.19. The maximum Gasteiger partial charge on any atom is 0.255 e. The number of hydrogen-bond donors (Lipinski definition) is 2. The van der Waals surface area contributed by atoms with E-state index in [1.165, 1.54) is 0 Å². The quantitative estimate of drug-likeness (QED) is 0.558. The first-order valence-electron chi connectivity index (χ1n) is 11.4. The second kappa shape index (κ2) is 9.51. The summed E-state index contributed by atoms with van der Waals surface area (Å²) < 4.78 is 0. The second-order valence-electron chi connectivity index (χ2n) is 9.04. The molecule has 3 aromatic carbocycles. The molecule has 34 heavy (non-hydrogen) atoms. The van der Waals surface area contributed by atoms with E-state index in [2.05, 4.69) is 10.6 Å². The zero-order valence-electron chi connectivity index (χ0n) is 19.9. The molecule has 1 aliphatic heterocycles. The summed E-state index contributed by atoms with van der Waals surface area (Å²) in [6, 6.07) is 18.6. The molecule has 1 aliphatic rings. The summed E-state index contributed by atoms with van der Waals surface area (Å²) >= 11 is 0. The van der Waals surface area contributed by atoms with Gasteiger partial charge in [0.25, 0.3) is 5.91 Å². The number of nitrogens with zero attached hydrogens (tertiary/aromatic N) is 1. The third-order valence-corrected chi connectivity index (χ3v) is 6.16. The number of carbonyl (C=O) groups is 3. The van der Waals surface area contributed by atoms with E-state index in [4.69, 9.17) is 0 Å². The Labute approximate surface area is 200 Å². The molecule has 6 nitrogen and oxygen atoms in total. The number of carbonyl (C=O) groups excluding carboxylic acids is 3. The summed E-state index contributed by atoms with van der Waals surface area (Å²) in [6.07, 6.45) is 0.159. The van der Waals surface area contributed by atoms with Gasteiger partial charge in [-0.1, -0.05) is 41.5 Å². The van der Waals surface area contributed by atoms with Crippen LogP contribution in [0.25, 0.3) is 0 Å². The van der Waals surface area contributed by atoms with Crippen LogP contribution >= 0.6 is 0 Å². The lowest BCUT2D eigenvalue weighted by atomic mass is 10.1. The predicted molar refractivity (Wildman–Crippen MR) is 135 cm³/mol. The van der Waals surface area contributed by atoms with Gasteiger partial charge in [0, 0.05) is 35.6 Å². The van der Waals surface area contributed by atoms with E-state index in [9.17, 15) is 14.4 Å². The van der Waals surface area contributed by atoms with Gasteiger partial charge < -0.3 is 15.5 Å². The molecule has 3 amide bonds. The van der Waals surface area contributed by atoms with Gasteiger partial charge in [-0.25, -0.2) is 0 Å². The highest BCUT2D eigenvalue weighted by atomic mass is 16.2. The number of rotatable bonds is 5. The Hall–Kier alpha value is -3.93. The number of aryl methyl sites for hydroxylation is 4. The maximum absolute atomic E-state index is 12.9. The smallest absolute Gasteiger partial charge is 0.255 e. The van der Waals surface area contributed by atoms with Crippen LogP contribution in [0.15, 0.2) is 60.7 Å². The van der Waals surface area contributed by atoms with Crippen molar-refractivity contribution in [2.24, 2.45) is 5.92 Å². The van der Waals surface area contributed by atoms with E-state index in [-0.39, 0.29) is 24.1 Å². The monoisotopic (exact) mass is 455 g/mol. The summed E-state index contributed by atoms with van der Waals surface area (Å²) in [5, 5.41) is 5.81. The summed E-state index contributed by atoms with van der Waals surface area (Å²) in [6.45, 7) is 8.27. The van der Waals surface area contributed by atoms with Gasteiger partial charge in [0.1, 0.15) is 0 Å². The number of hydrogen-bond acceptors (Lipinski definition) is 3. The second-order valence-corrected chi connectivity index (χ2v) is 9.04. The SMILES string of the molecule is Cc1ccc(NC(=O)c2cccc(NC(=O)[C@@H]3CC(=O)N(c4ccc(C)cc4C)C3)c2)c(C)c1. The zero-order valence-corrected chi connectivity index (χ0v) is 19.9. The maximum atomic E-state index is 12.9. The minimum Gasteiger partial charge on any atom is -0.326 e. The van der Waals surface area contributed by atoms with Crippen LogP contribution in [0.3, 0.4) is 0 Å². The Balaban J connectivity index is 1.43. The van der Waals surface area contributed by atoms with Gasteiger partial charge in [0.2, 0.25) is 11.8 Å². The van der Waals surface area contributed by atoms with Crippen molar-refractivity contribution in [2.75, 3.05) is 22.1 Å².